The molecule has 0 aromatic heterocycles. The van der Waals surface area contributed by atoms with Crippen LogP contribution in [0.1, 0.15) is 5.56 Å². The average molecular weight is 373 g/mol. The Morgan fingerprint density at radius 1 is 1.21 bits per heavy atom. The van der Waals surface area contributed by atoms with Gasteiger partial charge in [-0.3, -0.25) is 4.79 Å². The van der Waals surface area contributed by atoms with Crippen LogP contribution in [0, 0.1) is 0 Å². The van der Waals surface area contributed by atoms with Gasteiger partial charge in [0.2, 0.25) is 5.91 Å². The van der Waals surface area contributed by atoms with Crippen LogP contribution >= 0.6 is 23.2 Å². The van der Waals surface area contributed by atoms with E-state index in [0.29, 0.717) is 31.3 Å². The fourth-order valence-corrected chi connectivity index (χ4v) is 2.49. The maximum absolute atomic E-state index is 12.1. The maximum atomic E-state index is 12.1. The van der Waals surface area contributed by atoms with E-state index in [2.05, 4.69) is 5.32 Å². The molecule has 0 bridgehead atoms. The first-order chi connectivity index (χ1) is 11.6. The van der Waals surface area contributed by atoms with Crippen molar-refractivity contribution in [3.8, 4) is 0 Å². The molecule has 24 heavy (non-hydrogen) atoms. The van der Waals surface area contributed by atoms with Gasteiger partial charge in [0.25, 0.3) is 0 Å². The van der Waals surface area contributed by atoms with Crippen LogP contribution in [-0.2, 0) is 20.7 Å². The Hall–Kier alpha value is -1.72. The van der Waals surface area contributed by atoms with Crippen molar-refractivity contribution < 1.29 is 14.3 Å². The molecular formula is C17H22Cl2N2O3. The fourth-order valence-electron chi connectivity index (χ4n) is 2.06. The van der Waals surface area contributed by atoms with Gasteiger partial charge in [0.05, 0.1) is 7.11 Å². The van der Waals surface area contributed by atoms with Crippen LogP contribution < -0.4 is 5.32 Å². The number of hydrogen-bond acceptors (Lipinski definition) is 4. The second-order valence-electron chi connectivity index (χ2n) is 5.00. The Balaban J connectivity index is 2.68. The number of nitrogens with one attached hydrogen (secondary N) is 1. The fraction of sp³-hybridized carbons (Fsp3) is 0.412. The minimum atomic E-state index is -0.746. The first kappa shape index (κ1) is 20.3. The summed E-state index contributed by atoms with van der Waals surface area (Å²) >= 11 is 11.4. The number of nitrogens with zero attached hydrogens (tertiary/aromatic N) is 1. The molecule has 0 radical (unpaired) electrons. The summed E-state index contributed by atoms with van der Waals surface area (Å²) in [6.45, 7) is 1.17. The summed E-state index contributed by atoms with van der Waals surface area (Å²) in [5.74, 6) is -0.00188. The van der Waals surface area contributed by atoms with Gasteiger partial charge in [-0.25, -0.2) is 4.79 Å². The van der Waals surface area contributed by atoms with E-state index < -0.39 is 12.0 Å². The highest BCUT2D eigenvalue weighted by atomic mass is 35.5. The minimum Gasteiger partial charge on any atom is -0.467 e. The average Bonchev–Trinajstić information content (AvgIpc) is 2.59. The standard InChI is InChI=1S/C17H22Cl2N2O3/c1-24-17(23)15(13-14-5-3-2-4-6-14)20-16(22)7-10-21(11-8-18)12-9-19/h2-7,10,15H,8-9,11-13H2,1H3,(H,20,22)/b10-7-/t15-/m0/s1. The van der Waals surface area contributed by atoms with Crippen molar-refractivity contribution in [3.05, 3.63) is 48.2 Å². The highest BCUT2D eigenvalue weighted by Gasteiger charge is 2.21. The molecule has 0 saturated heterocycles. The number of benzene rings is 1. The van der Waals surface area contributed by atoms with Gasteiger partial charge in [-0.2, -0.15) is 0 Å². The molecule has 0 aliphatic rings. The van der Waals surface area contributed by atoms with E-state index in [9.17, 15) is 9.59 Å². The van der Waals surface area contributed by atoms with E-state index in [4.69, 9.17) is 27.9 Å². The number of methoxy groups -OCH3 is 1. The molecular weight excluding hydrogens is 351 g/mol. The Kier molecular flexibility index (Phi) is 9.96. The quantitative estimate of drug-likeness (QED) is 0.388. The Bertz CT molecular complexity index is 532. The van der Waals surface area contributed by atoms with Gasteiger partial charge < -0.3 is 15.0 Å². The number of alkyl halides is 2. The van der Waals surface area contributed by atoms with E-state index in [-0.39, 0.29) is 5.91 Å². The number of rotatable bonds is 10. The van der Waals surface area contributed by atoms with Gasteiger partial charge >= 0.3 is 5.97 Å². The minimum absolute atomic E-state index is 0.361. The lowest BCUT2D eigenvalue weighted by Crippen LogP contribution is -2.42. The van der Waals surface area contributed by atoms with E-state index in [1.807, 2.05) is 35.2 Å². The van der Waals surface area contributed by atoms with Crippen LogP contribution in [0.2, 0.25) is 0 Å². The molecule has 1 atom stereocenters. The van der Waals surface area contributed by atoms with Crippen LogP contribution in [0.3, 0.4) is 0 Å². The number of carbonyl (C=O) groups excluding carboxylic acids is 2. The Morgan fingerprint density at radius 3 is 2.38 bits per heavy atom. The molecule has 5 nitrogen and oxygen atoms in total. The van der Waals surface area contributed by atoms with Crippen molar-refractivity contribution in [2.75, 3.05) is 32.0 Å². The van der Waals surface area contributed by atoms with Crippen LogP contribution in [0.25, 0.3) is 0 Å². The number of amides is 1. The molecule has 132 valence electrons. The number of carbonyl (C=O) groups is 2. The normalized spacial score (nSPS) is 12.0. The molecule has 0 heterocycles. The van der Waals surface area contributed by atoms with Crippen molar-refractivity contribution in [3.63, 3.8) is 0 Å². The zero-order valence-corrected chi connectivity index (χ0v) is 15.1. The number of hydrogen-bond donors (Lipinski definition) is 1. The van der Waals surface area contributed by atoms with Gasteiger partial charge in [0, 0.05) is 43.5 Å². The molecule has 0 aliphatic carbocycles. The molecule has 7 heteroatoms. The van der Waals surface area contributed by atoms with E-state index >= 15 is 0 Å². The second kappa shape index (κ2) is 11.8. The zero-order valence-electron chi connectivity index (χ0n) is 13.6. The van der Waals surface area contributed by atoms with Crippen LogP contribution in [-0.4, -0.2) is 54.8 Å². The van der Waals surface area contributed by atoms with Crippen LogP contribution in [0.5, 0.6) is 0 Å². The van der Waals surface area contributed by atoms with Crippen molar-refractivity contribution in [1.82, 2.24) is 10.2 Å². The van der Waals surface area contributed by atoms with Gasteiger partial charge in [0.15, 0.2) is 0 Å². The monoisotopic (exact) mass is 372 g/mol. The molecule has 1 aromatic rings. The smallest absolute Gasteiger partial charge is 0.328 e. The number of esters is 1. The topological polar surface area (TPSA) is 58.6 Å². The van der Waals surface area contributed by atoms with Gasteiger partial charge in [-0.15, -0.1) is 23.2 Å². The lowest BCUT2D eigenvalue weighted by Gasteiger charge is -2.18. The number of ether oxygens (including phenoxy) is 1. The summed E-state index contributed by atoms with van der Waals surface area (Å²) in [5, 5.41) is 2.66. The summed E-state index contributed by atoms with van der Waals surface area (Å²) < 4.78 is 4.77. The molecule has 1 N–H and O–H groups in total. The summed E-state index contributed by atoms with van der Waals surface area (Å²) in [7, 11) is 1.30. The highest BCUT2D eigenvalue weighted by molar-refractivity contribution is 6.18. The van der Waals surface area contributed by atoms with E-state index in [0.717, 1.165) is 5.56 Å². The largest absolute Gasteiger partial charge is 0.467 e. The van der Waals surface area contributed by atoms with Gasteiger partial charge in [-0.1, -0.05) is 30.3 Å². The molecule has 1 rings (SSSR count). The Morgan fingerprint density at radius 2 is 1.83 bits per heavy atom. The molecule has 0 aliphatic heterocycles. The zero-order chi connectivity index (χ0) is 17.8. The summed E-state index contributed by atoms with van der Waals surface area (Å²) in [5.41, 5.74) is 0.933. The first-order valence-electron chi connectivity index (χ1n) is 7.57. The molecule has 0 unspecified atom stereocenters. The van der Waals surface area contributed by atoms with Crippen LogP contribution in [0.15, 0.2) is 42.6 Å². The van der Waals surface area contributed by atoms with E-state index in [1.165, 1.54) is 13.2 Å². The van der Waals surface area contributed by atoms with E-state index in [1.54, 1.807) is 6.20 Å². The SMILES string of the molecule is COC(=O)[C@H](Cc1ccccc1)NC(=O)/C=C\N(CCCl)CCCl. The summed E-state index contributed by atoms with van der Waals surface area (Å²) in [4.78, 5) is 25.8. The summed E-state index contributed by atoms with van der Waals surface area (Å²) in [6.07, 6.45) is 3.34. The maximum Gasteiger partial charge on any atom is 0.328 e. The third kappa shape index (κ3) is 7.70. The van der Waals surface area contributed by atoms with Crippen molar-refractivity contribution in [2.45, 2.75) is 12.5 Å². The first-order valence-corrected chi connectivity index (χ1v) is 8.64. The van der Waals surface area contributed by atoms with Gasteiger partial charge in [-0.05, 0) is 5.56 Å². The number of halogens is 2. The molecule has 0 saturated carbocycles. The van der Waals surface area contributed by atoms with Crippen molar-refractivity contribution >= 4 is 35.1 Å². The second-order valence-corrected chi connectivity index (χ2v) is 5.76. The highest BCUT2D eigenvalue weighted by Crippen LogP contribution is 2.05. The van der Waals surface area contributed by atoms with Gasteiger partial charge in [0.1, 0.15) is 6.04 Å². The molecule has 1 aromatic carbocycles. The third-order valence-corrected chi connectivity index (χ3v) is 3.60. The van der Waals surface area contributed by atoms with Crippen molar-refractivity contribution in [1.29, 1.82) is 0 Å². The Labute approximate surface area is 152 Å². The molecule has 0 fully saturated rings. The lowest BCUT2D eigenvalue weighted by molar-refractivity contribution is -0.144. The third-order valence-electron chi connectivity index (χ3n) is 3.27. The molecule has 0 spiro atoms. The van der Waals surface area contributed by atoms with Crippen LogP contribution in [0.4, 0.5) is 0 Å². The molecule has 1 amide bonds. The predicted molar refractivity (Wildman–Crippen MR) is 96.2 cm³/mol. The van der Waals surface area contributed by atoms with Crippen molar-refractivity contribution in [2.24, 2.45) is 0 Å². The predicted octanol–water partition coefficient (Wildman–Crippen LogP) is 2.18. The lowest BCUT2D eigenvalue weighted by atomic mass is 10.1. The summed E-state index contributed by atoms with van der Waals surface area (Å²) in [6, 6.07) is 8.68.